The molecule has 0 spiro atoms. The molecule has 1 fully saturated rings. The van der Waals surface area contributed by atoms with Crippen LogP contribution >= 0.6 is 0 Å². The van der Waals surface area contributed by atoms with Gasteiger partial charge in [0, 0.05) is 37.0 Å². The van der Waals surface area contributed by atoms with E-state index in [0.717, 1.165) is 19.5 Å². The highest BCUT2D eigenvalue weighted by Crippen LogP contribution is 2.19. The summed E-state index contributed by atoms with van der Waals surface area (Å²) in [6.07, 6.45) is 1.80. The molecule has 1 atom stereocenters. The Bertz CT molecular complexity index is 352. The molecule has 0 saturated carbocycles. The normalized spacial score (nSPS) is 25.2. The number of sulfone groups is 1. The van der Waals surface area contributed by atoms with E-state index >= 15 is 0 Å². The SMILES string of the molecule is CCCS(=O)(=O)CCN1CC(CC)NCC1(C)C. The van der Waals surface area contributed by atoms with E-state index in [0.29, 0.717) is 30.5 Å². The molecule has 1 aliphatic rings. The zero-order valence-corrected chi connectivity index (χ0v) is 13.0. The van der Waals surface area contributed by atoms with Gasteiger partial charge in [-0.2, -0.15) is 0 Å². The van der Waals surface area contributed by atoms with E-state index in [2.05, 4.69) is 31.0 Å². The first kappa shape index (κ1) is 15.9. The molecule has 1 N–H and O–H groups in total. The minimum absolute atomic E-state index is 0.0490. The van der Waals surface area contributed by atoms with Crippen molar-refractivity contribution in [3.05, 3.63) is 0 Å². The molecule has 1 aliphatic heterocycles. The van der Waals surface area contributed by atoms with Crippen molar-refractivity contribution in [2.75, 3.05) is 31.1 Å². The second-order valence-corrected chi connectivity index (χ2v) is 8.20. The van der Waals surface area contributed by atoms with Gasteiger partial charge in [0.25, 0.3) is 0 Å². The van der Waals surface area contributed by atoms with Crippen molar-refractivity contribution in [1.29, 1.82) is 0 Å². The summed E-state index contributed by atoms with van der Waals surface area (Å²) in [5.41, 5.74) is 0.0490. The molecule has 0 amide bonds. The maximum absolute atomic E-state index is 11.8. The molecule has 1 heterocycles. The molecule has 0 aromatic rings. The lowest BCUT2D eigenvalue weighted by Crippen LogP contribution is -2.62. The quantitative estimate of drug-likeness (QED) is 0.794. The highest BCUT2D eigenvalue weighted by molar-refractivity contribution is 7.91. The number of nitrogens with one attached hydrogen (secondary N) is 1. The maximum atomic E-state index is 11.8. The lowest BCUT2D eigenvalue weighted by atomic mass is 9.97. The summed E-state index contributed by atoms with van der Waals surface area (Å²) in [4.78, 5) is 2.32. The van der Waals surface area contributed by atoms with Crippen molar-refractivity contribution < 1.29 is 8.42 Å². The van der Waals surface area contributed by atoms with Crippen molar-refractivity contribution in [2.45, 2.75) is 52.1 Å². The summed E-state index contributed by atoms with van der Waals surface area (Å²) in [7, 11) is -2.87. The van der Waals surface area contributed by atoms with Crippen LogP contribution in [0.2, 0.25) is 0 Å². The maximum Gasteiger partial charge on any atom is 0.151 e. The van der Waals surface area contributed by atoms with E-state index in [-0.39, 0.29) is 5.54 Å². The monoisotopic (exact) mass is 276 g/mol. The highest BCUT2D eigenvalue weighted by Gasteiger charge is 2.33. The van der Waals surface area contributed by atoms with Crippen LogP contribution in [0.15, 0.2) is 0 Å². The Morgan fingerprint density at radius 1 is 1.28 bits per heavy atom. The smallest absolute Gasteiger partial charge is 0.151 e. The standard InChI is InChI=1S/C13H28N2O2S/c1-5-8-18(16,17)9-7-15-10-12(6-2)14-11-13(15,3)4/h12,14H,5-11H2,1-4H3. The summed E-state index contributed by atoms with van der Waals surface area (Å²) >= 11 is 0. The third-order valence-corrected chi connectivity index (χ3v) is 5.64. The van der Waals surface area contributed by atoms with Crippen LogP contribution in [0.25, 0.3) is 0 Å². The Morgan fingerprint density at radius 2 is 1.94 bits per heavy atom. The van der Waals surface area contributed by atoms with Gasteiger partial charge in [0.05, 0.1) is 5.75 Å². The molecule has 0 aromatic heterocycles. The molecule has 1 rings (SSSR count). The molecule has 0 radical (unpaired) electrons. The van der Waals surface area contributed by atoms with Gasteiger partial charge < -0.3 is 5.32 Å². The average molecular weight is 276 g/mol. The first-order chi connectivity index (χ1) is 8.30. The van der Waals surface area contributed by atoms with Gasteiger partial charge in [-0.15, -0.1) is 0 Å². The zero-order valence-electron chi connectivity index (χ0n) is 12.2. The Labute approximate surface area is 112 Å². The number of rotatable bonds is 6. The molecule has 18 heavy (non-hydrogen) atoms. The zero-order chi connectivity index (χ0) is 13.8. The number of piperazine rings is 1. The van der Waals surface area contributed by atoms with E-state index in [4.69, 9.17) is 0 Å². The minimum atomic E-state index is -2.87. The van der Waals surface area contributed by atoms with Crippen LogP contribution in [-0.4, -0.2) is 56.0 Å². The summed E-state index contributed by atoms with van der Waals surface area (Å²) in [5, 5.41) is 3.52. The van der Waals surface area contributed by atoms with Gasteiger partial charge in [-0.3, -0.25) is 4.90 Å². The summed E-state index contributed by atoms with van der Waals surface area (Å²) in [6, 6.07) is 0.493. The van der Waals surface area contributed by atoms with Gasteiger partial charge in [-0.05, 0) is 26.7 Å². The van der Waals surface area contributed by atoms with Crippen LogP contribution in [-0.2, 0) is 9.84 Å². The minimum Gasteiger partial charge on any atom is -0.311 e. The first-order valence-corrected chi connectivity index (χ1v) is 8.81. The summed E-state index contributed by atoms with van der Waals surface area (Å²) in [6.45, 7) is 11.0. The van der Waals surface area contributed by atoms with Gasteiger partial charge >= 0.3 is 0 Å². The molecule has 5 heteroatoms. The molecule has 0 aromatic carbocycles. The van der Waals surface area contributed by atoms with E-state index < -0.39 is 9.84 Å². The molecule has 1 unspecified atom stereocenters. The predicted octanol–water partition coefficient (Wildman–Crippen LogP) is 1.27. The third-order valence-electron chi connectivity index (χ3n) is 3.80. The van der Waals surface area contributed by atoms with Gasteiger partial charge in [0.2, 0.25) is 0 Å². The van der Waals surface area contributed by atoms with Crippen molar-refractivity contribution in [1.82, 2.24) is 10.2 Å². The molecular weight excluding hydrogens is 248 g/mol. The van der Waals surface area contributed by atoms with E-state index in [1.165, 1.54) is 0 Å². The predicted molar refractivity (Wildman–Crippen MR) is 76.7 cm³/mol. The first-order valence-electron chi connectivity index (χ1n) is 6.99. The Balaban J connectivity index is 2.57. The fraction of sp³-hybridized carbons (Fsp3) is 1.00. The van der Waals surface area contributed by atoms with E-state index in [1.807, 2.05) is 6.92 Å². The highest BCUT2D eigenvalue weighted by atomic mass is 32.2. The largest absolute Gasteiger partial charge is 0.311 e. The Kier molecular flexibility index (Phi) is 5.62. The summed E-state index contributed by atoms with van der Waals surface area (Å²) in [5.74, 6) is 0.609. The van der Waals surface area contributed by atoms with Crippen LogP contribution in [0.5, 0.6) is 0 Å². The average Bonchev–Trinajstić information content (AvgIpc) is 2.27. The fourth-order valence-corrected chi connectivity index (χ4v) is 3.74. The van der Waals surface area contributed by atoms with Crippen molar-refractivity contribution in [3.63, 3.8) is 0 Å². The van der Waals surface area contributed by atoms with Crippen molar-refractivity contribution in [2.24, 2.45) is 0 Å². The molecule has 0 bridgehead atoms. The molecular formula is C13H28N2O2S. The topological polar surface area (TPSA) is 49.4 Å². The van der Waals surface area contributed by atoms with Gasteiger partial charge in [0.15, 0.2) is 9.84 Å². The summed E-state index contributed by atoms with van der Waals surface area (Å²) < 4.78 is 23.6. The number of hydrogen-bond acceptors (Lipinski definition) is 4. The van der Waals surface area contributed by atoms with Gasteiger partial charge in [-0.1, -0.05) is 13.8 Å². The Morgan fingerprint density at radius 3 is 2.50 bits per heavy atom. The second kappa shape index (κ2) is 6.35. The van der Waals surface area contributed by atoms with Crippen LogP contribution in [0.3, 0.4) is 0 Å². The molecule has 1 saturated heterocycles. The molecule has 0 aliphatic carbocycles. The third kappa shape index (κ3) is 4.52. The van der Waals surface area contributed by atoms with Crippen molar-refractivity contribution >= 4 is 9.84 Å². The molecule has 108 valence electrons. The van der Waals surface area contributed by atoms with Gasteiger partial charge in [-0.25, -0.2) is 8.42 Å². The number of nitrogens with zero attached hydrogens (tertiary/aromatic N) is 1. The van der Waals surface area contributed by atoms with Crippen LogP contribution in [0.1, 0.15) is 40.5 Å². The Hall–Kier alpha value is -0.130. The lowest BCUT2D eigenvalue weighted by molar-refractivity contribution is 0.0716. The van der Waals surface area contributed by atoms with E-state index in [1.54, 1.807) is 0 Å². The van der Waals surface area contributed by atoms with Gasteiger partial charge in [0.1, 0.15) is 0 Å². The number of hydrogen-bond donors (Lipinski definition) is 1. The van der Waals surface area contributed by atoms with Crippen LogP contribution in [0.4, 0.5) is 0 Å². The lowest BCUT2D eigenvalue weighted by Gasteiger charge is -2.46. The van der Waals surface area contributed by atoms with Crippen LogP contribution in [0, 0.1) is 0 Å². The van der Waals surface area contributed by atoms with Crippen molar-refractivity contribution in [3.8, 4) is 0 Å². The fourth-order valence-electron chi connectivity index (χ4n) is 2.41. The van der Waals surface area contributed by atoms with E-state index in [9.17, 15) is 8.42 Å². The molecule has 4 nitrogen and oxygen atoms in total. The van der Waals surface area contributed by atoms with Crippen LogP contribution < -0.4 is 5.32 Å². The second-order valence-electron chi connectivity index (χ2n) is 5.90.